The number of nitrogens with zero attached hydrogens (tertiary/aromatic N) is 1. The Morgan fingerprint density at radius 2 is 2.15 bits per heavy atom. The number of para-hydroxylation sites is 1. The molecule has 144 valence electrons. The molecule has 0 spiro atoms. The monoisotopic (exact) mass is 359 g/mol. The molecule has 1 saturated carbocycles. The Hall–Kier alpha value is -1.75. The Kier molecular flexibility index (Phi) is 5.76. The highest BCUT2D eigenvalue weighted by Gasteiger charge is 2.59. The maximum Gasteiger partial charge on any atom is 0.191 e. The van der Waals surface area contributed by atoms with Crippen molar-refractivity contribution in [3.63, 3.8) is 0 Å². The van der Waals surface area contributed by atoms with Gasteiger partial charge < -0.3 is 20.1 Å². The second kappa shape index (κ2) is 7.87. The Balaban J connectivity index is 1.59. The molecule has 1 aliphatic carbocycles. The Bertz CT molecular complexity index is 644. The second-order valence-electron chi connectivity index (χ2n) is 8.10. The van der Waals surface area contributed by atoms with Gasteiger partial charge in [0.2, 0.25) is 0 Å². The van der Waals surface area contributed by atoms with Crippen LogP contribution in [0.4, 0.5) is 0 Å². The topological polar surface area (TPSA) is 54.9 Å². The number of nitrogens with one attached hydrogen (secondary N) is 2. The zero-order chi connectivity index (χ0) is 18.7. The van der Waals surface area contributed by atoms with E-state index in [-0.39, 0.29) is 11.5 Å². The van der Waals surface area contributed by atoms with E-state index in [1.165, 1.54) is 0 Å². The molecule has 0 bridgehead atoms. The summed E-state index contributed by atoms with van der Waals surface area (Å²) in [6.07, 6.45) is 1.53. The summed E-state index contributed by atoms with van der Waals surface area (Å²) in [5.41, 5.74) is 1.29. The van der Waals surface area contributed by atoms with Crippen LogP contribution < -0.4 is 15.4 Å². The molecule has 0 amide bonds. The molecule has 1 heterocycles. The third kappa shape index (κ3) is 3.83. The molecule has 4 unspecified atom stereocenters. The van der Waals surface area contributed by atoms with Crippen LogP contribution in [0.25, 0.3) is 0 Å². The van der Waals surface area contributed by atoms with E-state index in [1.807, 2.05) is 18.2 Å². The standard InChI is InChI=1S/C21H33N3O2/c1-6-22-20(24-18-16-11-12-25-19(16)21(18,4)5)23-13-15(3)26-17-10-8-7-9-14(17)2/h7-10,15-16,18-19H,6,11-13H2,1-5H3,(H2,22,23,24). The first-order valence-electron chi connectivity index (χ1n) is 9.82. The predicted octanol–water partition coefficient (Wildman–Crippen LogP) is 3.13. The molecule has 0 aromatic heterocycles. The van der Waals surface area contributed by atoms with E-state index in [2.05, 4.69) is 51.3 Å². The summed E-state index contributed by atoms with van der Waals surface area (Å²) >= 11 is 0. The third-order valence-corrected chi connectivity index (χ3v) is 5.67. The van der Waals surface area contributed by atoms with Gasteiger partial charge in [-0.05, 0) is 38.8 Å². The summed E-state index contributed by atoms with van der Waals surface area (Å²) in [6, 6.07) is 8.51. The summed E-state index contributed by atoms with van der Waals surface area (Å²) < 4.78 is 11.9. The molecule has 2 fully saturated rings. The first-order chi connectivity index (χ1) is 12.4. The average Bonchev–Trinajstić information content (AvgIpc) is 3.06. The number of ether oxygens (including phenoxy) is 2. The molecule has 26 heavy (non-hydrogen) atoms. The lowest BCUT2D eigenvalue weighted by molar-refractivity contribution is -0.106. The predicted molar refractivity (Wildman–Crippen MR) is 106 cm³/mol. The average molecular weight is 360 g/mol. The quantitative estimate of drug-likeness (QED) is 0.605. The van der Waals surface area contributed by atoms with Gasteiger partial charge in [0.1, 0.15) is 11.9 Å². The second-order valence-corrected chi connectivity index (χ2v) is 8.10. The number of benzene rings is 1. The van der Waals surface area contributed by atoms with Crippen LogP contribution in [-0.4, -0.2) is 43.9 Å². The van der Waals surface area contributed by atoms with Gasteiger partial charge in [0.25, 0.3) is 0 Å². The fourth-order valence-corrected chi connectivity index (χ4v) is 4.25. The lowest BCUT2D eigenvalue weighted by Crippen LogP contribution is -2.68. The van der Waals surface area contributed by atoms with Crippen LogP contribution in [0.3, 0.4) is 0 Å². The van der Waals surface area contributed by atoms with E-state index in [4.69, 9.17) is 14.5 Å². The minimum Gasteiger partial charge on any atom is -0.489 e. The van der Waals surface area contributed by atoms with Crippen molar-refractivity contribution in [2.24, 2.45) is 16.3 Å². The van der Waals surface area contributed by atoms with Gasteiger partial charge in [0.15, 0.2) is 5.96 Å². The number of hydrogen-bond acceptors (Lipinski definition) is 3. The zero-order valence-corrected chi connectivity index (χ0v) is 16.7. The number of hydrogen-bond donors (Lipinski definition) is 2. The van der Waals surface area contributed by atoms with Gasteiger partial charge >= 0.3 is 0 Å². The van der Waals surface area contributed by atoms with Gasteiger partial charge in [-0.25, -0.2) is 4.99 Å². The molecular weight excluding hydrogens is 326 g/mol. The molecule has 1 aromatic carbocycles. The maximum atomic E-state index is 6.05. The maximum absolute atomic E-state index is 6.05. The molecule has 1 aromatic rings. The molecule has 3 rings (SSSR count). The summed E-state index contributed by atoms with van der Waals surface area (Å²) in [7, 11) is 0. The van der Waals surface area contributed by atoms with Crippen LogP contribution in [0.1, 0.15) is 39.7 Å². The van der Waals surface area contributed by atoms with Crippen molar-refractivity contribution >= 4 is 5.96 Å². The first-order valence-corrected chi connectivity index (χ1v) is 9.82. The zero-order valence-electron chi connectivity index (χ0n) is 16.7. The van der Waals surface area contributed by atoms with E-state index < -0.39 is 0 Å². The summed E-state index contributed by atoms with van der Waals surface area (Å²) in [5.74, 6) is 2.39. The molecule has 4 atom stereocenters. The SMILES string of the molecule is CCNC(=NCC(C)Oc1ccccc1C)NC1C2CCOC2C1(C)C. The molecule has 2 N–H and O–H groups in total. The largest absolute Gasteiger partial charge is 0.489 e. The van der Waals surface area contributed by atoms with Crippen LogP contribution in [0.2, 0.25) is 0 Å². The lowest BCUT2D eigenvalue weighted by Gasteiger charge is -2.54. The molecule has 2 aliphatic rings. The number of fused-ring (bicyclic) bond motifs is 1. The summed E-state index contributed by atoms with van der Waals surface area (Å²) in [5, 5.41) is 7.02. The summed E-state index contributed by atoms with van der Waals surface area (Å²) in [4.78, 5) is 4.77. The van der Waals surface area contributed by atoms with Crippen molar-refractivity contribution in [1.29, 1.82) is 0 Å². The highest BCUT2D eigenvalue weighted by molar-refractivity contribution is 5.80. The van der Waals surface area contributed by atoms with Crippen molar-refractivity contribution in [2.75, 3.05) is 19.7 Å². The van der Waals surface area contributed by atoms with Gasteiger partial charge in [0.05, 0.1) is 12.6 Å². The fraction of sp³-hybridized carbons (Fsp3) is 0.667. The van der Waals surface area contributed by atoms with Gasteiger partial charge in [0, 0.05) is 30.5 Å². The van der Waals surface area contributed by atoms with Gasteiger partial charge in [-0.1, -0.05) is 32.0 Å². The lowest BCUT2D eigenvalue weighted by atomic mass is 9.57. The van der Waals surface area contributed by atoms with Crippen molar-refractivity contribution in [3.05, 3.63) is 29.8 Å². The van der Waals surface area contributed by atoms with Crippen molar-refractivity contribution in [1.82, 2.24) is 10.6 Å². The van der Waals surface area contributed by atoms with E-state index >= 15 is 0 Å². The number of rotatable bonds is 6. The minimum atomic E-state index is 0.0171. The van der Waals surface area contributed by atoms with Crippen LogP contribution >= 0.6 is 0 Å². The van der Waals surface area contributed by atoms with E-state index in [1.54, 1.807) is 0 Å². The molecule has 5 heteroatoms. The highest BCUT2D eigenvalue weighted by atomic mass is 16.5. The van der Waals surface area contributed by atoms with Crippen molar-refractivity contribution in [2.45, 2.75) is 59.3 Å². The first kappa shape index (κ1) is 19.0. The van der Waals surface area contributed by atoms with Crippen molar-refractivity contribution in [3.8, 4) is 5.75 Å². The van der Waals surface area contributed by atoms with Crippen molar-refractivity contribution < 1.29 is 9.47 Å². The molecule has 0 radical (unpaired) electrons. The summed E-state index contributed by atoms with van der Waals surface area (Å²) in [6.45, 7) is 13.1. The van der Waals surface area contributed by atoms with Gasteiger partial charge in [-0.3, -0.25) is 0 Å². The van der Waals surface area contributed by atoms with Crippen LogP contribution in [0.15, 0.2) is 29.3 Å². The van der Waals surface area contributed by atoms with Gasteiger partial charge in [-0.15, -0.1) is 0 Å². The van der Waals surface area contributed by atoms with Crippen LogP contribution in [-0.2, 0) is 4.74 Å². The van der Waals surface area contributed by atoms with Crippen LogP contribution in [0, 0.1) is 18.3 Å². The number of guanidine groups is 1. The molecular formula is C21H33N3O2. The van der Waals surface area contributed by atoms with Crippen LogP contribution in [0.5, 0.6) is 5.75 Å². The molecule has 1 aliphatic heterocycles. The Morgan fingerprint density at radius 3 is 2.88 bits per heavy atom. The normalized spacial score (nSPS) is 28.0. The minimum absolute atomic E-state index is 0.0171. The number of aryl methyl sites for hydroxylation is 1. The number of aliphatic imine (C=N–C) groups is 1. The Labute approximate surface area is 157 Å². The van der Waals surface area contributed by atoms with E-state index in [0.717, 1.165) is 36.8 Å². The van der Waals surface area contributed by atoms with E-state index in [0.29, 0.717) is 24.6 Å². The van der Waals surface area contributed by atoms with Gasteiger partial charge in [-0.2, -0.15) is 0 Å². The Morgan fingerprint density at radius 1 is 1.38 bits per heavy atom. The highest BCUT2D eigenvalue weighted by Crippen LogP contribution is 2.52. The molecule has 5 nitrogen and oxygen atoms in total. The van der Waals surface area contributed by atoms with E-state index in [9.17, 15) is 0 Å². The molecule has 1 saturated heterocycles. The third-order valence-electron chi connectivity index (χ3n) is 5.67. The fourth-order valence-electron chi connectivity index (χ4n) is 4.25. The smallest absolute Gasteiger partial charge is 0.191 e.